The smallest absolute Gasteiger partial charge is 0.168 e. The maximum atomic E-state index is 5.43. The largest absolute Gasteiger partial charge is 0.364 e. The van der Waals surface area contributed by atoms with Gasteiger partial charge in [0.2, 0.25) is 0 Å². The average molecular weight is 375 g/mol. The van der Waals surface area contributed by atoms with Crippen LogP contribution in [0.4, 0.5) is 11.5 Å². The molecule has 1 aliphatic rings. The molecule has 134 valence electrons. The fourth-order valence-electron chi connectivity index (χ4n) is 3.36. The predicted octanol–water partition coefficient (Wildman–Crippen LogP) is 4.08. The van der Waals surface area contributed by atoms with Crippen LogP contribution >= 0.6 is 11.8 Å². The zero-order valence-corrected chi connectivity index (χ0v) is 15.6. The van der Waals surface area contributed by atoms with Gasteiger partial charge in [-0.2, -0.15) is 0 Å². The van der Waals surface area contributed by atoms with Gasteiger partial charge >= 0.3 is 0 Å². The van der Waals surface area contributed by atoms with E-state index < -0.39 is 0 Å². The highest BCUT2D eigenvalue weighted by atomic mass is 32.2. The third kappa shape index (κ3) is 2.85. The first-order valence-corrected chi connectivity index (χ1v) is 9.43. The number of benzene rings is 1. The van der Waals surface area contributed by atoms with E-state index in [1.807, 2.05) is 12.3 Å². The normalized spacial score (nSPS) is 12.9. The molecule has 4 heterocycles. The van der Waals surface area contributed by atoms with Crippen molar-refractivity contribution in [3.63, 3.8) is 0 Å². The summed E-state index contributed by atoms with van der Waals surface area (Å²) in [5.41, 5.74) is 3.29. The van der Waals surface area contributed by atoms with Crippen LogP contribution in [-0.2, 0) is 11.3 Å². The number of hydrogen-bond donors (Lipinski definition) is 0. The third-order valence-corrected chi connectivity index (χ3v) is 5.60. The van der Waals surface area contributed by atoms with E-state index >= 15 is 0 Å². The van der Waals surface area contributed by atoms with Crippen molar-refractivity contribution in [3.05, 3.63) is 66.7 Å². The van der Waals surface area contributed by atoms with Gasteiger partial charge in [0.15, 0.2) is 5.82 Å². The van der Waals surface area contributed by atoms with E-state index in [0.29, 0.717) is 6.73 Å². The lowest BCUT2D eigenvalue weighted by Gasteiger charge is -2.30. The Morgan fingerprint density at radius 1 is 1.04 bits per heavy atom. The quantitative estimate of drug-likeness (QED) is 0.536. The Morgan fingerprint density at radius 2 is 1.96 bits per heavy atom. The predicted molar refractivity (Wildman–Crippen MR) is 105 cm³/mol. The molecule has 0 amide bonds. The van der Waals surface area contributed by atoms with Gasteiger partial charge < -0.3 is 9.30 Å². The Bertz CT molecular complexity index is 1130. The molecule has 6 nitrogen and oxygen atoms in total. The van der Waals surface area contributed by atoms with E-state index in [9.17, 15) is 0 Å². The number of nitrogens with zero attached hydrogens (tertiary/aromatic N) is 5. The van der Waals surface area contributed by atoms with Crippen molar-refractivity contribution >= 4 is 34.3 Å². The fourth-order valence-corrected chi connectivity index (χ4v) is 4.34. The van der Waals surface area contributed by atoms with Crippen molar-refractivity contribution in [2.24, 2.45) is 0 Å². The number of anilines is 2. The summed E-state index contributed by atoms with van der Waals surface area (Å²) >= 11 is 1.64. The molecule has 0 saturated heterocycles. The molecule has 0 bridgehead atoms. The van der Waals surface area contributed by atoms with Crippen molar-refractivity contribution in [1.29, 1.82) is 0 Å². The molecule has 27 heavy (non-hydrogen) atoms. The van der Waals surface area contributed by atoms with Crippen LogP contribution in [0.1, 0.15) is 5.56 Å². The Labute approximate surface area is 160 Å². The van der Waals surface area contributed by atoms with Gasteiger partial charge in [-0.05, 0) is 35.9 Å². The molecule has 1 aromatic carbocycles. The number of pyridine rings is 1. The molecule has 5 rings (SSSR count). The number of fused-ring (bicyclic) bond motifs is 3. The SMILES string of the molecule is COCN1c2cc(Cn3ccc4cccnc43)ccc2Sc2nccnc21. The van der Waals surface area contributed by atoms with E-state index in [-0.39, 0.29) is 0 Å². The fraction of sp³-hybridized carbons (Fsp3) is 0.150. The number of hydrogen-bond acceptors (Lipinski definition) is 6. The minimum Gasteiger partial charge on any atom is -0.364 e. The molecule has 0 N–H and O–H groups in total. The van der Waals surface area contributed by atoms with Gasteiger partial charge in [0, 0.05) is 48.7 Å². The summed E-state index contributed by atoms with van der Waals surface area (Å²) in [6, 6.07) is 12.7. The maximum Gasteiger partial charge on any atom is 0.168 e. The number of methoxy groups -OCH3 is 1. The average Bonchev–Trinajstić information content (AvgIpc) is 3.11. The van der Waals surface area contributed by atoms with Crippen LogP contribution in [0.3, 0.4) is 0 Å². The standard InChI is InChI=1S/C20H17N5OS/c1-26-13-25-16-11-14(12-24-10-6-15-3-2-7-21-18(15)24)4-5-17(16)27-20-19(25)22-8-9-23-20/h2-11H,12-13H2,1H3. The van der Waals surface area contributed by atoms with E-state index in [2.05, 4.69) is 60.9 Å². The lowest BCUT2D eigenvalue weighted by Crippen LogP contribution is -2.24. The van der Waals surface area contributed by atoms with Crippen molar-refractivity contribution in [1.82, 2.24) is 19.5 Å². The lowest BCUT2D eigenvalue weighted by atomic mass is 10.2. The van der Waals surface area contributed by atoms with Crippen LogP contribution in [0.5, 0.6) is 0 Å². The second kappa shape index (κ2) is 6.68. The highest BCUT2D eigenvalue weighted by Gasteiger charge is 2.25. The molecule has 0 aliphatic carbocycles. The molecule has 4 aromatic rings. The lowest BCUT2D eigenvalue weighted by molar-refractivity contribution is 0.204. The second-order valence-electron chi connectivity index (χ2n) is 6.29. The van der Waals surface area contributed by atoms with Gasteiger partial charge in [-0.25, -0.2) is 15.0 Å². The van der Waals surface area contributed by atoms with Gasteiger partial charge in [-0.1, -0.05) is 17.8 Å². The number of ether oxygens (including phenoxy) is 1. The Hall–Kier alpha value is -2.90. The molecule has 0 unspecified atom stereocenters. The topological polar surface area (TPSA) is 56.1 Å². The molecular formula is C20H17N5OS. The third-order valence-electron chi connectivity index (χ3n) is 4.56. The van der Waals surface area contributed by atoms with Gasteiger partial charge in [-0.15, -0.1) is 0 Å². The van der Waals surface area contributed by atoms with Crippen LogP contribution in [0.15, 0.2) is 71.1 Å². The van der Waals surface area contributed by atoms with Crippen LogP contribution in [0.2, 0.25) is 0 Å². The highest BCUT2D eigenvalue weighted by molar-refractivity contribution is 7.99. The Kier molecular flexibility index (Phi) is 4.03. The molecule has 7 heteroatoms. The molecule has 0 atom stereocenters. The molecule has 0 radical (unpaired) electrons. The van der Waals surface area contributed by atoms with E-state index in [1.54, 1.807) is 31.3 Å². The van der Waals surface area contributed by atoms with Crippen molar-refractivity contribution < 1.29 is 4.74 Å². The molecule has 0 saturated carbocycles. The summed E-state index contributed by atoms with van der Waals surface area (Å²) in [7, 11) is 1.69. The van der Waals surface area contributed by atoms with Gasteiger partial charge in [0.05, 0.1) is 5.69 Å². The molecule has 3 aromatic heterocycles. The number of aromatic nitrogens is 4. The molecular weight excluding hydrogens is 358 g/mol. The van der Waals surface area contributed by atoms with Crippen LogP contribution in [-0.4, -0.2) is 33.4 Å². The summed E-state index contributed by atoms with van der Waals surface area (Å²) in [5, 5.41) is 2.05. The highest BCUT2D eigenvalue weighted by Crippen LogP contribution is 2.46. The van der Waals surface area contributed by atoms with E-state index in [0.717, 1.165) is 39.0 Å². The maximum absolute atomic E-state index is 5.43. The summed E-state index contributed by atoms with van der Waals surface area (Å²) in [4.78, 5) is 16.7. The second-order valence-corrected chi connectivity index (χ2v) is 7.33. The van der Waals surface area contributed by atoms with E-state index in [1.165, 1.54) is 5.56 Å². The summed E-state index contributed by atoms with van der Waals surface area (Å²) in [5.74, 6) is 0.835. The van der Waals surface area contributed by atoms with Crippen molar-refractivity contribution in [2.45, 2.75) is 16.5 Å². The monoisotopic (exact) mass is 375 g/mol. The van der Waals surface area contributed by atoms with Gasteiger partial charge in [0.1, 0.15) is 17.4 Å². The Morgan fingerprint density at radius 3 is 2.89 bits per heavy atom. The summed E-state index contributed by atoms with van der Waals surface area (Å²) in [6.07, 6.45) is 7.35. The minimum absolute atomic E-state index is 0.427. The Balaban J connectivity index is 1.54. The first kappa shape index (κ1) is 16.3. The van der Waals surface area contributed by atoms with Crippen LogP contribution < -0.4 is 4.90 Å². The molecule has 0 fully saturated rings. The van der Waals surface area contributed by atoms with E-state index in [4.69, 9.17) is 4.74 Å². The first-order valence-electron chi connectivity index (χ1n) is 8.61. The zero-order valence-electron chi connectivity index (χ0n) is 14.7. The number of rotatable bonds is 4. The summed E-state index contributed by atoms with van der Waals surface area (Å²) < 4.78 is 7.60. The van der Waals surface area contributed by atoms with Crippen molar-refractivity contribution in [3.8, 4) is 0 Å². The first-order chi connectivity index (χ1) is 13.3. The minimum atomic E-state index is 0.427. The molecule has 0 spiro atoms. The molecule has 1 aliphatic heterocycles. The van der Waals surface area contributed by atoms with Crippen molar-refractivity contribution in [2.75, 3.05) is 18.7 Å². The van der Waals surface area contributed by atoms with Gasteiger partial charge in [0.25, 0.3) is 0 Å². The zero-order chi connectivity index (χ0) is 18.2. The van der Waals surface area contributed by atoms with Gasteiger partial charge in [-0.3, -0.25) is 4.90 Å². The van der Waals surface area contributed by atoms with Crippen LogP contribution in [0.25, 0.3) is 11.0 Å². The summed E-state index contributed by atoms with van der Waals surface area (Å²) in [6.45, 7) is 1.18. The van der Waals surface area contributed by atoms with Crippen LogP contribution in [0, 0.1) is 0 Å².